The molecule has 0 N–H and O–H groups in total. The number of carbonyl (C=O) groups is 1. The quantitative estimate of drug-likeness (QED) is 0.568. The average Bonchev–Trinajstić information content (AvgIpc) is 2.33. The van der Waals surface area contributed by atoms with E-state index in [9.17, 15) is 4.79 Å². The van der Waals surface area contributed by atoms with Crippen LogP contribution in [0, 0.1) is 0 Å². The van der Waals surface area contributed by atoms with Gasteiger partial charge < -0.3 is 4.90 Å². The van der Waals surface area contributed by atoms with Crippen LogP contribution in [0.1, 0.15) is 28.9 Å². The Morgan fingerprint density at radius 2 is 2.00 bits per heavy atom. The molecule has 0 radical (unpaired) electrons. The van der Waals surface area contributed by atoms with Gasteiger partial charge in [-0.15, -0.1) is 0 Å². The summed E-state index contributed by atoms with van der Waals surface area (Å²) < 4.78 is 0. The third kappa shape index (κ3) is 0.779. The molecule has 1 amide bonds. The summed E-state index contributed by atoms with van der Waals surface area (Å²) >= 11 is 0. The van der Waals surface area contributed by atoms with Crippen LogP contribution in [0.3, 0.4) is 0 Å². The van der Waals surface area contributed by atoms with Gasteiger partial charge in [0.1, 0.15) is 0 Å². The van der Waals surface area contributed by atoms with Gasteiger partial charge in [-0.1, -0.05) is 18.2 Å². The molecule has 1 aromatic rings. The Bertz CT molecular complexity index is 332. The fraction of sp³-hybridized carbons (Fsp3) is 0.300. The summed E-state index contributed by atoms with van der Waals surface area (Å²) in [6, 6.07) is 8.01. The first kappa shape index (κ1) is 7.35. The summed E-state index contributed by atoms with van der Waals surface area (Å²) in [5, 5.41) is 0. The largest absolute Gasteiger partial charge is 0.335 e. The maximum Gasteiger partial charge on any atom is 0.254 e. The van der Waals surface area contributed by atoms with E-state index in [2.05, 4.69) is 0 Å². The van der Waals surface area contributed by atoms with Crippen LogP contribution < -0.4 is 0 Å². The first-order valence-corrected chi connectivity index (χ1v) is 4.08. The Hall–Kier alpha value is -1.31. The van der Waals surface area contributed by atoms with Gasteiger partial charge in [0.05, 0.1) is 6.04 Å². The molecule has 1 unspecified atom stereocenters. The van der Waals surface area contributed by atoms with Crippen molar-refractivity contribution in [3.05, 3.63) is 35.4 Å². The molecule has 0 saturated heterocycles. The Labute approximate surface area is 71.8 Å². The molecule has 0 aromatic heterocycles. The number of carbonyl (C=O) groups excluding carboxylic acids is 1. The predicted molar refractivity (Wildman–Crippen MR) is 47.0 cm³/mol. The summed E-state index contributed by atoms with van der Waals surface area (Å²) in [6.07, 6.45) is 0. The number of rotatable bonds is 0. The molecule has 62 valence electrons. The molecular weight excluding hydrogens is 150 g/mol. The van der Waals surface area contributed by atoms with Crippen molar-refractivity contribution in [2.45, 2.75) is 13.0 Å². The molecule has 0 aliphatic carbocycles. The molecule has 2 heteroatoms. The molecule has 1 atom stereocenters. The molecule has 12 heavy (non-hydrogen) atoms. The van der Waals surface area contributed by atoms with E-state index in [1.807, 2.05) is 38.2 Å². The minimum absolute atomic E-state index is 0.137. The molecule has 0 bridgehead atoms. The van der Waals surface area contributed by atoms with Gasteiger partial charge in [0.25, 0.3) is 5.91 Å². The Morgan fingerprint density at radius 1 is 1.33 bits per heavy atom. The highest BCUT2D eigenvalue weighted by molar-refractivity contribution is 5.98. The second-order valence-electron chi connectivity index (χ2n) is 3.18. The smallest absolute Gasteiger partial charge is 0.254 e. The topological polar surface area (TPSA) is 20.3 Å². The maximum atomic E-state index is 11.5. The third-order valence-electron chi connectivity index (χ3n) is 2.54. The summed E-state index contributed by atoms with van der Waals surface area (Å²) in [5.74, 6) is 0.137. The van der Waals surface area contributed by atoms with Gasteiger partial charge in [-0.05, 0) is 18.6 Å². The van der Waals surface area contributed by atoms with Crippen molar-refractivity contribution >= 4 is 5.91 Å². The summed E-state index contributed by atoms with van der Waals surface area (Å²) in [7, 11) is 1.84. The van der Waals surface area contributed by atoms with Crippen molar-refractivity contribution in [1.29, 1.82) is 0 Å². The normalized spacial score (nSPS) is 21.3. The van der Waals surface area contributed by atoms with Crippen LogP contribution in [0.4, 0.5) is 0 Å². The second kappa shape index (κ2) is 2.34. The highest BCUT2D eigenvalue weighted by Crippen LogP contribution is 2.30. The number of benzene rings is 1. The van der Waals surface area contributed by atoms with Crippen molar-refractivity contribution < 1.29 is 4.79 Å². The fourth-order valence-electron chi connectivity index (χ4n) is 1.63. The number of nitrogens with zero attached hydrogens (tertiary/aromatic N) is 1. The van der Waals surface area contributed by atoms with Crippen molar-refractivity contribution in [3.63, 3.8) is 0 Å². The van der Waals surface area contributed by atoms with Crippen LogP contribution in [-0.4, -0.2) is 17.9 Å². The molecular formula is C10H11NO. The lowest BCUT2D eigenvalue weighted by Gasteiger charge is -2.14. The lowest BCUT2D eigenvalue weighted by atomic mass is 10.1. The van der Waals surface area contributed by atoms with Gasteiger partial charge in [-0.3, -0.25) is 4.79 Å². The van der Waals surface area contributed by atoms with Gasteiger partial charge in [-0.25, -0.2) is 0 Å². The van der Waals surface area contributed by atoms with Crippen molar-refractivity contribution in [2.24, 2.45) is 0 Å². The lowest BCUT2D eigenvalue weighted by molar-refractivity contribution is 0.0784. The van der Waals surface area contributed by atoms with E-state index in [4.69, 9.17) is 0 Å². The van der Waals surface area contributed by atoms with Crippen LogP contribution >= 0.6 is 0 Å². The molecule has 1 heterocycles. The number of hydrogen-bond acceptors (Lipinski definition) is 1. The van der Waals surface area contributed by atoms with E-state index in [0.717, 1.165) is 11.1 Å². The molecule has 0 saturated carbocycles. The van der Waals surface area contributed by atoms with Crippen LogP contribution in [0.25, 0.3) is 0 Å². The molecule has 2 nitrogen and oxygen atoms in total. The molecule has 0 fully saturated rings. The number of fused-ring (bicyclic) bond motifs is 1. The second-order valence-corrected chi connectivity index (χ2v) is 3.18. The van der Waals surface area contributed by atoms with Crippen LogP contribution in [0.2, 0.25) is 0 Å². The van der Waals surface area contributed by atoms with Crippen LogP contribution in [0.5, 0.6) is 0 Å². The highest BCUT2D eigenvalue weighted by atomic mass is 16.2. The fourth-order valence-corrected chi connectivity index (χ4v) is 1.63. The van der Waals surface area contributed by atoms with Crippen molar-refractivity contribution in [2.75, 3.05) is 7.05 Å². The number of amides is 1. The molecule has 2 rings (SSSR count). The van der Waals surface area contributed by atoms with Crippen molar-refractivity contribution in [1.82, 2.24) is 4.90 Å². The van der Waals surface area contributed by atoms with E-state index in [1.54, 1.807) is 4.90 Å². The van der Waals surface area contributed by atoms with Crippen molar-refractivity contribution in [3.8, 4) is 0 Å². The highest BCUT2D eigenvalue weighted by Gasteiger charge is 2.29. The minimum atomic E-state index is 0.137. The predicted octanol–water partition coefficient (Wildman–Crippen LogP) is 1.83. The molecule has 1 aliphatic rings. The first-order chi connectivity index (χ1) is 5.72. The van der Waals surface area contributed by atoms with Gasteiger partial charge in [0.2, 0.25) is 0 Å². The zero-order valence-electron chi connectivity index (χ0n) is 7.24. The van der Waals surface area contributed by atoms with E-state index in [1.165, 1.54) is 0 Å². The van der Waals surface area contributed by atoms with Crippen LogP contribution in [0.15, 0.2) is 24.3 Å². The van der Waals surface area contributed by atoms with E-state index >= 15 is 0 Å². The lowest BCUT2D eigenvalue weighted by Crippen LogP contribution is -2.20. The standard InChI is InChI=1S/C10H11NO/c1-7-8-5-3-4-6-9(8)10(12)11(7)2/h3-7H,1-2H3. The first-order valence-electron chi connectivity index (χ1n) is 4.08. The molecule has 0 spiro atoms. The van der Waals surface area contributed by atoms with E-state index < -0.39 is 0 Å². The molecule has 1 aliphatic heterocycles. The summed E-state index contributed by atoms with van der Waals surface area (Å²) in [6.45, 7) is 2.05. The summed E-state index contributed by atoms with van der Waals surface area (Å²) in [4.78, 5) is 13.3. The van der Waals surface area contributed by atoms with Gasteiger partial charge in [0, 0.05) is 12.6 Å². The van der Waals surface area contributed by atoms with E-state index in [-0.39, 0.29) is 11.9 Å². The maximum absolute atomic E-state index is 11.5. The Kier molecular flexibility index (Phi) is 1.43. The minimum Gasteiger partial charge on any atom is -0.335 e. The third-order valence-corrected chi connectivity index (χ3v) is 2.54. The molecule has 1 aromatic carbocycles. The summed E-state index contributed by atoms with van der Waals surface area (Å²) in [5.41, 5.74) is 2.00. The van der Waals surface area contributed by atoms with Gasteiger partial charge in [-0.2, -0.15) is 0 Å². The monoisotopic (exact) mass is 161 g/mol. The Morgan fingerprint density at radius 3 is 2.67 bits per heavy atom. The van der Waals surface area contributed by atoms with Gasteiger partial charge in [0.15, 0.2) is 0 Å². The Balaban J connectivity index is 2.59. The SMILES string of the molecule is CC1c2ccccc2C(=O)N1C. The zero-order chi connectivity index (χ0) is 8.72. The zero-order valence-corrected chi connectivity index (χ0v) is 7.24. The van der Waals surface area contributed by atoms with Gasteiger partial charge >= 0.3 is 0 Å². The average molecular weight is 161 g/mol. The van der Waals surface area contributed by atoms with E-state index in [0.29, 0.717) is 0 Å². The van der Waals surface area contributed by atoms with Crippen LogP contribution in [-0.2, 0) is 0 Å². The number of hydrogen-bond donors (Lipinski definition) is 0.